The van der Waals surface area contributed by atoms with Crippen LogP contribution < -0.4 is 5.32 Å². The molecule has 2 heteroatoms. The predicted octanol–water partition coefficient (Wildman–Crippen LogP) is 4.22. The third-order valence-corrected chi connectivity index (χ3v) is 3.50. The molecule has 1 aromatic rings. The van der Waals surface area contributed by atoms with Crippen molar-refractivity contribution in [3.63, 3.8) is 0 Å². The zero-order valence-electron chi connectivity index (χ0n) is 11.4. The van der Waals surface area contributed by atoms with E-state index in [0.717, 1.165) is 30.5 Å². The Balaban J connectivity index is 3.08. The van der Waals surface area contributed by atoms with Crippen LogP contribution in [0.3, 0.4) is 0 Å². The predicted molar refractivity (Wildman–Crippen MR) is 71.6 cm³/mol. The van der Waals surface area contributed by atoms with Gasteiger partial charge in [0.2, 0.25) is 0 Å². The smallest absolute Gasteiger partial charge is 0.130 e. The van der Waals surface area contributed by atoms with Gasteiger partial charge in [-0.25, -0.2) is 4.39 Å². The molecular weight excluding hydrogens is 213 g/mol. The topological polar surface area (TPSA) is 12.0 Å². The van der Waals surface area contributed by atoms with Crippen molar-refractivity contribution in [3.8, 4) is 0 Å². The van der Waals surface area contributed by atoms with E-state index in [9.17, 15) is 4.39 Å². The number of hydrogen-bond donors (Lipinski definition) is 1. The highest BCUT2D eigenvalue weighted by atomic mass is 19.1. The molecule has 96 valence electrons. The van der Waals surface area contributed by atoms with Crippen molar-refractivity contribution in [1.29, 1.82) is 0 Å². The minimum atomic E-state index is -0.0506. The standard InChI is InChI=1S/C15H24FN/c1-5-12(6-2)15(17-7-3)13-10-8-9-11(4)14(13)16/h8-10,12,15,17H,5-7H2,1-4H3. The Morgan fingerprint density at radius 2 is 1.82 bits per heavy atom. The first-order valence-corrected chi connectivity index (χ1v) is 6.64. The number of hydrogen-bond acceptors (Lipinski definition) is 1. The summed E-state index contributed by atoms with van der Waals surface area (Å²) >= 11 is 0. The van der Waals surface area contributed by atoms with Crippen LogP contribution >= 0.6 is 0 Å². The fraction of sp³-hybridized carbons (Fsp3) is 0.600. The normalized spacial score (nSPS) is 13.1. The first-order valence-electron chi connectivity index (χ1n) is 6.64. The maximum atomic E-state index is 14.2. The summed E-state index contributed by atoms with van der Waals surface area (Å²) in [4.78, 5) is 0. The Bertz CT molecular complexity index is 345. The highest BCUT2D eigenvalue weighted by Gasteiger charge is 2.22. The van der Waals surface area contributed by atoms with E-state index in [1.165, 1.54) is 0 Å². The van der Waals surface area contributed by atoms with Crippen LogP contribution in [0.5, 0.6) is 0 Å². The molecule has 0 heterocycles. The van der Waals surface area contributed by atoms with E-state index in [1.807, 2.05) is 25.1 Å². The molecule has 0 bridgehead atoms. The average molecular weight is 237 g/mol. The van der Waals surface area contributed by atoms with Crippen LogP contribution in [0.15, 0.2) is 18.2 Å². The van der Waals surface area contributed by atoms with Crippen LogP contribution in [-0.2, 0) is 0 Å². The maximum absolute atomic E-state index is 14.2. The Morgan fingerprint density at radius 1 is 1.18 bits per heavy atom. The third kappa shape index (κ3) is 3.29. The van der Waals surface area contributed by atoms with Gasteiger partial charge in [0, 0.05) is 11.6 Å². The molecule has 1 aromatic carbocycles. The van der Waals surface area contributed by atoms with Crippen LogP contribution in [0.1, 0.15) is 50.8 Å². The number of rotatable bonds is 6. The van der Waals surface area contributed by atoms with Gasteiger partial charge in [0.25, 0.3) is 0 Å². The molecule has 0 aliphatic carbocycles. The quantitative estimate of drug-likeness (QED) is 0.781. The van der Waals surface area contributed by atoms with Crippen LogP contribution in [0.4, 0.5) is 4.39 Å². The maximum Gasteiger partial charge on any atom is 0.130 e. The van der Waals surface area contributed by atoms with Gasteiger partial charge >= 0.3 is 0 Å². The second-order valence-corrected chi connectivity index (χ2v) is 4.59. The van der Waals surface area contributed by atoms with Crippen molar-refractivity contribution in [1.82, 2.24) is 5.32 Å². The second kappa shape index (κ2) is 6.75. The lowest BCUT2D eigenvalue weighted by Crippen LogP contribution is -2.28. The van der Waals surface area contributed by atoms with Crippen molar-refractivity contribution in [2.75, 3.05) is 6.54 Å². The fourth-order valence-electron chi connectivity index (χ4n) is 2.42. The van der Waals surface area contributed by atoms with E-state index in [4.69, 9.17) is 0 Å². The lowest BCUT2D eigenvalue weighted by molar-refractivity contribution is 0.337. The van der Waals surface area contributed by atoms with Crippen LogP contribution in [0.2, 0.25) is 0 Å². The molecule has 0 radical (unpaired) electrons. The summed E-state index contributed by atoms with van der Waals surface area (Å²) in [5, 5.41) is 3.43. The van der Waals surface area contributed by atoms with Crippen molar-refractivity contribution in [2.24, 2.45) is 5.92 Å². The van der Waals surface area contributed by atoms with E-state index in [0.29, 0.717) is 5.92 Å². The zero-order valence-corrected chi connectivity index (χ0v) is 11.4. The number of halogens is 1. The Morgan fingerprint density at radius 3 is 2.35 bits per heavy atom. The Hall–Kier alpha value is -0.890. The van der Waals surface area contributed by atoms with Crippen molar-refractivity contribution < 1.29 is 4.39 Å². The molecule has 0 fully saturated rings. The zero-order chi connectivity index (χ0) is 12.8. The molecule has 1 unspecified atom stereocenters. The summed E-state index contributed by atoms with van der Waals surface area (Å²) in [5.41, 5.74) is 1.55. The van der Waals surface area contributed by atoms with Crippen molar-refractivity contribution >= 4 is 0 Å². The molecule has 1 nitrogen and oxygen atoms in total. The summed E-state index contributed by atoms with van der Waals surface area (Å²) in [6.07, 6.45) is 2.14. The highest BCUT2D eigenvalue weighted by Crippen LogP contribution is 2.29. The Labute approximate surface area is 104 Å². The molecule has 0 aliphatic heterocycles. The summed E-state index contributed by atoms with van der Waals surface area (Å²) < 4.78 is 14.2. The SMILES string of the molecule is CCNC(c1cccc(C)c1F)C(CC)CC. The van der Waals surface area contributed by atoms with Crippen LogP contribution in [0, 0.1) is 18.7 Å². The lowest BCUT2D eigenvalue weighted by Gasteiger charge is -2.27. The minimum Gasteiger partial charge on any atom is -0.310 e. The number of aryl methyl sites for hydroxylation is 1. The van der Waals surface area contributed by atoms with E-state index >= 15 is 0 Å². The molecule has 17 heavy (non-hydrogen) atoms. The van der Waals surface area contributed by atoms with Gasteiger partial charge in [-0.1, -0.05) is 51.8 Å². The monoisotopic (exact) mass is 237 g/mol. The molecule has 0 spiro atoms. The molecule has 0 amide bonds. The van der Waals surface area contributed by atoms with Gasteiger partial charge in [-0.2, -0.15) is 0 Å². The van der Waals surface area contributed by atoms with Gasteiger partial charge in [-0.05, 0) is 24.9 Å². The molecule has 0 aromatic heterocycles. The molecule has 1 N–H and O–H groups in total. The number of benzene rings is 1. The van der Waals surface area contributed by atoms with Gasteiger partial charge in [0.15, 0.2) is 0 Å². The largest absolute Gasteiger partial charge is 0.310 e. The molecule has 0 saturated carbocycles. The van der Waals surface area contributed by atoms with E-state index in [2.05, 4.69) is 26.1 Å². The van der Waals surface area contributed by atoms with Crippen LogP contribution in [-0.4, -0.2) is 6.54 Å². The Kier molecular flexibility index (Phi) is 5.63. The van der Waals surface area contributed by atoms with Gasteiger partial charge in [-0.3, -0.25) is 0 Å². The van der Waals surface area contributed by atoms with Gasteiger partial charge < -0.3 is 5.32 Å². The summed E-state index contributed by atoms with van der Waals surface area (Å²) in [6.45, 7) is 9.12. The minimum absolute atomic E-state index is 0.0506. The van der Waals surface area contributed by atoms with Crippen molar-refractivity contribution in [2.45, 2.75) is 46.6 Å². The summed E-state index contributed by atoms with van der Waals surface area (Å²) in [6, 6.07) is 5.82. The molecule has 1 atom stereocenters. The summed E-state index contributed by atoms with van der Waals surface area (Å²) in [5.74, 6) is 0.441. The lowest BCUT2D eigenvalue weighted by atomic mass is 9.88. The number of nitrogens with one attached hydrogen (secondary N) is 1. The van der Waals surface area contributed by atoms with Gasteiger partial charge in [-0.15, -0.1) is 0 Å². The first kappa shape index (κ1) is 14.2. The van der Waals surface area contributed by atoms with E-state index in [1.54, 1.807) is 0 Å². The molecule has 0 aliphatic rings. The molecular formula is C15H24FN. The second-order valence-electron chi connectivity index (χ2n) is 4.59. The molecule has 1 rings (SSSR count). The van der Waals surface area contributed by atoms with E-state index in [-0.39, 0.29) is 11.9 Å². The van der Waals surface area contributed by atoms with Crippen molar-refractivity contribution in [3.05, 3.63) is 35.1 Å². The van der Waals surface area contributed by atoms with Gasteiger partial charge in [0.1, 0.15) is 5.82 Å². The van der Waals surface area contributed by atoms with Gasteiger partial charge in [0.05, 0.1) is 0 Å². The average Bonchev–Trinajstić information content (AvgIpc) is 2.33. The highest BCUT2D eigenvalue weighted by molar-refractivity contribution is 5.28. The summed E-state index contributed by atoms with van der Waals surface area (Å²) in [7, 11) is 0. The fourth-order valence-corrected chi connectivity index (χ4v) is 2.42. The molecule has 0 saturated heterocycles. The first-order chi connectivity index (χ1) is 8.15. The van der Waals surface area contributed by atoms with Crippen LogP contribution in [0.25, 0.3) is 0 Å². The van der Waals surface area contributed by atoms with E-state index < -0.39 is 0 Å². The third-order valence-electron chi connectivity index (χ3n) is 3.50.